The Morgan fingerprint density at radius 2 is 2.09 bits per heavy atom. The molecule has 114 valence electrons. The summed E-state index contributed by atoms with van der Waals surface area (Å²) in [5.74, 6) is -1.44. The van der Waals surface area contributed by atoms with Gasteiger partial charge in [-0.2, -0.15) is 0 Å². The van der Waals surface area contributed by atoms with Gasteiger partial charge in [-0.3, -0.25) is 9.55 Å². The van der Waals surface area contributed by atoms with Crippen molar-refractivity contribution in [3.63, 3.8) is 0 Å². The fraction of sp³-hybridized carbons (Fsp3) is 0.455. The highest BCUT2D eigenvalue weighted by atomic mass is 32.1. The van der Waals surface area contributed by atoms with E-state index in [4.69, 9.17) is 42.2 Å². The largest absolute Gasteiger partial charge is 0.403 e. The average molecular weight is 332 g/mol. The summed E-state index contributed by atoms with van der Waals surface area (Å²) in [5, 5.41) is 26.0. The van der Waals surface area contributed by atoms with Gasteiger partial charge in [0.05, 0.1) is 5.56 Å². The molecule has 7 nitrogen and oxygen atoms in total. The predicted octanol–water partition coefficient (Wildman–Crippen LogP) is -2.93. The molecule has 0 spiro atoms. The van der Waals surface area contributed by atoms with Crippen molar-refractivity contribution in [2.75, 3.05) is 0 Å². The first-order valence-electron chi connectivity index (χ1n) is 6.05. The second-order valence-electron chi connectivity index (χ2n) is 5.03. The van der Waals surface area contributed by atoms with Gasteiger partial charge in [-0.05, 0) is 0 Å². The number of hydrogen-bond acceptors (Lipinski definition) is 6. The lowest BCUT2D eigenvalue weighted by Gasteiger charge is -2.37. The van der Waals surface area contributed by atoms with Crippen LogP contribution in [-0.4, -0.2) is 71.9 Å². The quantitative estimate of drug-likeness (QED) is 0.262. The number of nitrogens with zero attached hydrogens (tertiary/aromatic N) is 1. The summed E-state index contributed by atoms with van der Waals surface area (Å²) >= 11 is 4.81. The Hall–Kier alpha value is -1.38. The summed E-state index contributed by atoms with van der Waals surface area (Å²) in [6.45, 7) is 0. The highest BCUT2D eigenvalue weighted by Gasteiger charge is 2.66. The molecule has 12 heteroatoms. The molecule has 1 fully saturated rings. The number of alkyl halides is 1. The maximum atomic E-state index is 14.6. The van der Waals surface area contributed by atoms with Crippen LogP contribution in [0, 0.1) is 17.0 Å². The summed E-state index contributed by atoms with van der Waals surface area (Å²) in [6.07, 6.45) is 1.40. The predicted molar refractivity (Wildman–Crippen MR) is 80.9 cm³/mol. The van der Waals surface area contributed by atoms with Gasteiger partial charge in [0.25, 0.3) is 5.85 Å². The smallest absolute Gasteiger partial charge is 0.328 e. The molecule has 0 unspecified atom stereocenters. The molecule has 0 aromatic carbocycles. The Bertz CT molecular complexity index is 803. The molecule has 0 saturated carbocycles. The van der Waals surface area contributed by atoms with Gasteiger partial charge >= 0.3 is 5.69 Å². The molecule has 0 aliphatic carbocycles. The summed E-state index contributed by atoms with van der Waals surface area (Å²) < 4.78 is 19.7. The molecule has 1 aromatic heterocycles. The number of terminal acetylenes is 1. The van der Waals surface area contributed by atoms with Crippen LogP contribution in [0.5, 0.6) is 0 Å². The highest BCUT2D eigenvalue weighted by molar-refractivity contribution is 7.71. The lowest BCUT2D eigenvalue weighted by atomic mass is 9.59. The zero-order chi connectivity index (χ0) is 17.8. The van der Waals surface area contributed by atoms with E-state index in [1.807, 2.05) is 0 Å². The number of H-pyrrole nitrogens is 1. The number of halogens is 1. The summed E-state index contributed by atoms with van der Waals surface area (Å²) in [7, 11) is 15.7. The zero-order valence-electron chi connectivity index (χ0n) is 11.4. The Labute approximate surface area is 138 Å². The third-order valence-corrected chi connectivity index (χ3v) is 3.76. The first kappa shape index (κ1) is 18.0. The molecule has 1 aliphatic rings. The van der Waals surface area contributed by atoms with Crippen LogP contribution in [0.4, 0.5) is 4.39 Å². The minimum atomic E-state index is -3.58. The van der Waals surface area contributed by atoms with E-state index in [1.54, 1.807) is 0 Å². The molecule has 1 aromatic rings. The summed E-state index contributed by atoms with van der Waals surface area (Å²) in [6, 6.07) is 0. The van der Waals surface area contributed by atoms with Crippen molar-refractivity contribution in [2.24, 2.45) is 0 Å². The fourth-order valence-corrected chi connectivity index (χ4v) is 2.33. The van der Waals surface area contributed by atoms with Gasteiger partial charge in [-0.25, -0.2) is 9.18 Å². The lowest BCUT2D eigenvalue weighted by Crippen LogP contribution is -2.59. The average Bonchev–Trinajstić information content (AvgIpc) is 2.61. The van der Waals surface area contributed by atoms with Crippen LogP contribution in [-0.2, 0) is 10.4 Å². The molecular formula is C11H8B3FN2O5S. The number of ether oxygens (including phenoxy) is 1. The minimum Gasteiger partial charge on any atom is -0.403 e. The third-order valence-electron chi connectivity index (χ3n) is 3.44. The first-order chi connectivity index (χ1) is 10.4. The van der Waals surface area contributed by atoms with E-state index < -0.39 is 34.8 Å². The van der Waals surface area contributed by atoms with E-state index in [-0.39, 0.29) is 10.2 Å². The van der Waals surface area contributed by atoms with Crippen LogP contribution < -0.4 is 5.69 Å². The van der Waals surface area contributed by atoms with Gasteiger partial charge in [0.2, 0.25) is 0 Å². The molecule has 4 atom stereocenters. The van der Waals surface area contributed by atoms with Crippen molar-refractivity contribution in [1.82, 2.24) is 9.55 Å². The molecule has 1 saturated heterocycles. The van der Waals surface area contributed by atoms with Crippen LogP contribution >= 0.6 is 12.2 Å². The third kappa shape index (κ3) is 2.49. The number of rotatable bonds is 2. The van der Waals surface area contributed by atoms with Gasteiger partial charge in [-0.15, -0.1) is 6.42 Å². The Morgan fingerprint density at radius 3 is 2.52 bits per heavy atom. The van der Waals surface area contributed by atoms with Crippen molar-refractivity contribution in [1.29, 1.82) is 0 Å². The molecule has 2 rings (SSSR count). The van der Waals surface area contributed by atoms with Crippen LogP contribution in [0.15, 0.2) is 11.0 Å². The van der Waals surface area contributed by atoms with Gasteiger partial charge in [-0.1, -0.05) is 18.1 Å². The van der Waals surface area contributed by atoms with Crippen LogP contribution in [0.2, 0.25) is 0 Å². The SMILES string of the molecule is [B]C([B])(O)[C@@]1(F)O[C@@]([B])(n2cc(C#C)c(=S)[nH]c2=O)[C@H](O)[C@@H]1O. The molecule has 23 heavy (non-hydrogen) atoms. The molecule has 6 radical (unpaired) electrons. The maximum Gasteiger partial charge on any atom is 0.328 e. The van der Waals surface area contributed by atoms with E-state index in [0.717, 1.165) is 6.20 Å². The number of aromatic nitrogens is 2. The van der Waals surface area contributed by atoms with Gasteiger partial charge < -0.3 is 20.1 Å². The Kier molecular flexibility index (Phi) is 4.16. The van der Waals surface area contributed by atoms with Crippen LogP contribution in [0.1, 0.15) is 5.56 Å². The molecule has 0 amide bonds. The minimum absolute atomic E-state index is 0.0261. The van der Waals surface area contributed by atoms with E-state index in [0.29, 0.717) is 4.57 Å². The molecule has 4 N–H and O–H groups in total. The number of nitrogens with one attached hydrogen (secondary N) is 1. The van der Waals surface area contributed by atoms with Crippen molar-refractivity contribution in [3.8, 4) is 12.3 Å². The molecule has 1 aliphatic heterocycles. The Balaban J connectivity index is 2.67. The van der Waals surface area contributed by atoms with E-state index >= 15 is 0 Å². The fourth-order valence-electron chi connectivity index (χ4n) is 2.13. The topological polar surface area (TPSA) is 108 Å². The standard InChI is InChI=1S/C11H8B3FN2O5S/c1-2-4-3-17(8(20)16-7(4)23)10(12)6(19)5(18)9(15,22-10)11(13,14)21/h1,3,5-6,18-19,21H,(H,16,20,23)/t5-,6+,9-,10-/m0/s1. The van der Waals surface area contributed by atoms with Crippen molar-refractivity contribution < 1.29 is 24.4 Å². The maximum absolute atomic E-state index is 14.6. The number of aliphatic hydroxyl groups excluding tert-OH is 2. The lowest BCUT2D eigenvalue weighted by molar-refractivity contribution is -0.243. The Morgan fingerprint density at radius 1 is 1.52 bits per heavy atom. The van der Waals surface area contributed by atoms with Crippen LogP contribution in [0.25, 0.3) is 0 Å². The zero-order valence-corrected chi connectivity index (χ0v) is 12.2. The van der Waals surface area contributed by atoms with E-state index in [9.17, 15) is 24.5 Å². The van der Waals surface area contributed by atoms with Gasteiger partial charge in [0, 0.05) is 11.6 Å². The van der Waals surface area contributed by atoms with E-state index in [2.05, 4.69) is 15.6 Å². The number of aliphatic hydroxyl groups is 3. The van der Waals surface area contributed by atoms with Crippen molar-refractivity contribution in [2.45, 2.75) is 29.1 Å². The molecule has 2 heterocycles. The second-order valence-corrected chi connectivity index (χ2v) is 5.44. The second kappa shape index (κ2) is 5.32. The van der Waals surface area contributed by atoms with Gasteiger partial charge in [0.1, 0.15) is 46.0 Å². The monoisotopic (exact) mass is 332 g/mol. The highest BCUT2D eigenvalue weighted by Crippen LogP contribution is 2.44. The van der Waals surface area contributed by atoms with Crippen LogP contribution in [0.3, 0.4) is 0 Å². The number of hydrogen-bond donors (Lipinski definition) is 4. The van der Waals surface area contributed by atoms with Gasteiger partial charge in [0.15, 0.2) is 0 Å². The summed E-state index contributed by atoms with van der Waals surface area (Å²) in [4.78, 5) is 14.1. The van der Waals surface area contributed by atoms with E-state index in [1.165, 1.54) is 0 Å². The normalized spacial score (nSPS) is 34.2. The first-order valence-corrected chi connectivity index (χ1v) is 6.46. The van der Waals surface area contributed by atoms with Crippen molar-refractivity contribution in [3.05, 3.63) is 26.9 Å². The summed E-state index contributed by atoms with van der Waals surface area (Å²) in [5.41, 5.74) is -3.73. The molecule has 0 bridgehead atoms. The van der Waals surface area contributed by atoms with Crippen molar-refractivity contribution >= 4 is 35.8 Å². The number of aromatic amines is 1. The molecular weight excluding hydrogens is 324 g/mol.